The van der Waals surface area contributed by atoms with E-state index in [-0.39, 0.29) is 0 Å². The number of benzene rings is 1. The van der Waals surface area contributed by atoms with Gasteiger partial charge in [0.05, 0.1) is 29.3 Å². The fraction of sp³-hybridized carbons (Fsp3) is 0.167. The smallest absolute Gasteiger partial charge is 0.162 e. The molecule has 0 aliphatic heterocycles. The highest BCUT2D eigenvalue weighted by molar-refractivity contribution is 5.76. The maximum atomic E-state index is 10.6. The van der Waals surface area contributed by atoms with Gasteiger partial charge in [-0.1, -0.05) is 17.7 Å². The number of rotatable bonds is 4. The van der Waals surface area contributed by atoms with Crippen molar-refractivity contribution in [2.75, 3.05) is 5.32 Å². The lowest BCUT2D eigenvalue weighted by molar-refractivity contribution is 0.209. The zero-order chi connectivity index (χ0) is 17.4. The largest absolute Gasteiger partial charge is 0.369 e. The van der Waals surface area contributed by atoms with Crippen LogP contribution in [0.5, 0.6) is 0 Å². The Bertz CT molecular complexity index is 1030. The van der Waals surface area contributed by atoms with E-state index in [0.717, 1.165) is 28.1 Å². The molecule has 3 heterocycles. The summed E-state index contributed by atoms with van der Waals surface area (Å²) in [5, 5.41) is 25.1. The molecular formula is C18H18N6O. The molecule has 25 heavy (non-hydrogen) atoms. The standard InChI is InChI=1S/C18H18N6O/c1-11-4-5-12(2)13(8-11)16-15(10-20-23-16)22-18(25)14-9-21-24-7-3-6-19-17(14)24/h3-10,18,22,25H,1-2H3,(H,20,23). The van der Waals surface area contributed by atoms with Gasteiger partial charge in [0.25, 0.3) is 0 Å². The van der Waals surface area contributed by atoms with E-state index in [0.29, 0.717) is 11.2 Å². The molecule has 0 aliphatic carbocycles. The Labute approximate surface area is 144 Å². The SMILES string of the molecule is Cc1ccc(C)c(-c2[nH]ncc2NC(O)c2cnn3cccnc23)c1. The molecule has 0 saturated heterocycles. The number of aliphatic hydroxyl groups is 1. The molecule has 1 atom stereocenters. The van der Waals surface area contributed by atoms with Crippen molar-refractivity contribution in [2.45, 2.75) is 20.1 Å². The summed E-state index contributed by atoms with van der Waals surface area (Å²) in [5.41, 5.74) is 6.11. The van der Waals surface area contributed by atoms with E-state index >= 15 is 0 Å². The summed E-state index contributed by atoms with van der Waals surface area (Å²) in [6.07, 6.45) is 5.79. The van der Waals surface area contributed by atoms with Gasteiger partial charge in [-0.05, 0) is 31.5 Å². The lowest BCUT2D eigenvalue weighted by atomic mass is 10.0. The van der Waals surface area contributed by atoms with Gasteiger partial charge >= 0.3 is 0 Å². The molecule has 0 aliphatic rings. The second kappa shape index (κ2) is 6.03. The third kappa shape index (κ3) is 2.74. The number of aromatic nitrogens is 5. The van der Waals surface area contributed by atoms with Crippen LogP contribution in [-0.4, -0.2) is 29.9 Å². The second-order valence-electron chi connectivity index (χ2n) is 6.01. The Kier molecular flexibility index (Phi) is 3.70. The summed E-state index contributed by atoms with van der Waals surface area (Å²) in [6, 6.07) is 8.03. The lowest BCUT2D eigenvalue weighted by Gasteiger charge is -2.14. The number of aliphatic hydroxyl groups excluding tert-OH is 1. The van der Waals surface area contributed by atoms with E-state index in [4.69, 9.17) is 0 Å². The molecular weight excluding hydrogens is 316 g/mol. The molecule has 3 aromatic heterocycles. The average molecular weight is 334 g/mol. The summed E-state index contributed by atoms with van der Waals surface area (Å²) in [7, 11) is 0. The Morgan fingerprint density at radius 2 is 2.12 bits per heavy atom. The Morgan fingerprint density at radius 1 is 1.24 bits per heavy atom. The van der Waals surface area contributed by atoms with Crippen LogP contribution in [-0.2, 0) is 0 Å². The monoisotopic (exact) mass is 334 g/mol. The molecule has 0 spiro atoms. The van der Waals surface area contributed by atoms with Crippen molar-refractivity contribution >= 4 is 11.3 Å². The molecule has 126 valence electrons. The van der Waals surface area contributed by atoms with E-state index in [2.05, 4.69) is 43.8 Å². The van der Waals surface area contributed by atoms with Crippen LogP contribution in [0.3, 0.4) is 0 Å². The molecule has 1 unspecified atom stereocenters. The van der Waals surface area contributed by atoms with Gasteiger partial charge in [-0.3, -0.25) is 5.10 Å². The summed E-state index contributed by atoms with van der Waals surface area (Å²) < 4.78 is 1.63. The molecule has 0 amide bonds. The zero-order valence-corrected chi connectivity index (χ0v) is 13.9. The number of hydrogen-bond acceptors (Lipinski definition) is 5. The third-order valence-corrected chi connectivity index (χ3v) is 4.20. The van der Waals surface area contributed by atoms with Crippen LogP contribution < -0.4 is 5.32 Å². The van der Waals surface area contributed by atoms with Gasteiger partial charge in [-0.15, -0.1) is 0 Å². The van der Waals surface area contributed by atoms with Gasteiger partial charge in [0, 0.05) is 18.0 Å². The highest BCUT2D eigenvalue weighted by atomic mass is 16.3. The van der Waals surface area contributed by atoms with Crippen LogP contribution in [0.25, 0.3) is 16.9 Å². The summed E-state index contributed by atoms with van der Waals surface area (Å²) in [4.78, 5) is 4.27. The van der Waals surface area contributed by atoms with Crippen molar-refractivity contribution in [1.82, 2.24) is 24.8 Å². The minimum absolute atomic E-state index is 0.605. The summed E-state index contributed by atoms with van der Waals surface area (Å²) >= 11 is 0. The first-order valence-corrected chi connectivity index (χ1v) is 7.97. The van der Waals surface area contributed by atoms with Crippen molar-refractivity contribution in [2.24, 2.45) is 0 Å². The predicted molar refractivity (Wildman–Crippen MR) is 95.1 cm³/mol. The number of nitrogens with zero attached hydrogens (tertiary/aromatic N) is 4. The molecule has 0 bridgehead atoms. The number of aryl methyl sites for hydroxylation is 2. The molecule has 1 aromatic carbocycles. The summed E-state index contributed by atoms with van der Waals surface area (Å²) in [6.45, 7) is 4.09. The Morgan fingerprint density at radius 3 is 3.00 bits per heavy atom. The maximum Gasteiger partial charge on any atom is 0.162 e. The van der Waals surface area contributed by atoms with Gasteiger partial charge in [0.15, 0.2) is 11.9 Å². The number of anilines is 1. The normalized spacial score (nSPS) is 12.4. The Hall–Kier alpha value is -3.19. The number of hydrogen-bond donors (Lipinski definition) is 3. The van der Waals surface area contributed by atoms with E-state index < -0.39 is 6.23 Å². The second-order valence-corrected chi connectivity index (χ2v) is 6.01. The molecule has 4 rings (SSSR count). The van der Waals surface area contributed by atoms with Gasteiger partial charge in [0.1, 0.15) is 0 Å². The minimum Gasteiger partial charge on any atom is -0.369 e. The quantitative estimate of drug-likeness (QED) is 0.499. The summed E-state index contributed by atoms with van der Waals surface area (Å²) in [5.74, 6) is 0. The molecule has 0 saturated carbocycles. The molecule has 3 N–H and O–H groups in total. The fourth-order valence-corrected chi connectivity index (χ4v) is 2.87. The number of fused-ring (bicyclic) bond motifs is 1. The zero-order valence-electron chi connectivity index (χ0n) is 13.9. The topological polar surface area (TPSA) is 91.1 Å². The third-order valence-electron chi connectivity index (χ3n) is 4.20. The first-order chi connectivity index (χ1) is 12.1. The highest BCUT2D eigenvalue weighted by Crippen LogP contribution is 2.31. The van der Waals surface area contributed by atoms with Crippen molar-refractivity contribution in [3.8, 4) is 11.3 Å². The highest BCUT2D eigenvalue weighted by Gasteiger charge is 2.18. The molecule has 7 nitrogen and oxygen atoms in total. The molecule has 4 aromatic rings. The number of H-pyrrole nitrogens is 1. The first-order valence-electron chi connectivity index (χ1n) is 7.97. The Balaban J connectivity index is 1.68. The maximum absolute atomic E-state index is 10.6. The van der Waals surface area contributed by atoms with Crippen LogP contribution in [0.15, 0.2) is 49.1 Å². The molecule has 0 radical (unpaired) electrons. The van der Waals surface area contributed by atoms with Crippen LogP contribution in [0.2, 0.25) is 0 Å². The van der Waals surface area contributed by atoms with Crippen molar-refractivity contribution in [3.05, 3.63) is 65.7 Å². The number of nitrogens with one attached hydrogen (secondary N) is 2. The van der Waals surface area contributed by atoms with Crippen LogP contribution >= 0.6 is 0 Å². The minimum atomic E-state index is -0.950. The van der Waals surface area contributed by atoms with Crippen molar-refractivity contribution < 1.29 is 5.11 Å². The van der Waals surface area contributed by atoms with Crippen LogP contribution in [0.4, 0.5) is 5.69 Å². The van der Waals surface area contributed by atoms with E-state index in [1.165, 1.54) is 0 Å². The molecule has 7 heteroatoms. The van der Waals surface area contributed by atoms with E-state index in [9.17, 15) is 5.11 Å². The van der Waals surface area contributed by atoms with Gasteiger partial charge in [0.2, 0.25) is 0 Å². The molecule has 0 fully saturated rings. The van der Waals surface area contributed by atoms with Crippen molar-refractivity contribution in [1.29, 1.82) is 0 Å². The van der Waals surface area contributed by atoms with E-state index in [1.54, 1.807) is 35.4 Å². The average Bonchev–Trinajstić information content (AvgIpc) is 3.23. The lowest BCUT2D eigenvalue weighted by Crippen LogP contribution is -2.10. The fourth-order valence-electron chi connectivity index (χ4n) is 2.87. The van der Waals surface area contributed by atoms with Gasteiger partial charge in [-0.2, -0.15) is 10.2 Å². The van der Waals surface area contributed by atoms with Gasteiger partial charge in [-0.25, -0.2) is 9.50 Å². The van der Waals surface area contributed by atoms with Crippen molar-refractivity contribution in [3.63, 3.8) is 0 Å². The first kappa shape index (κ1) is 15.3. The van der Waals surface area contributed by atoms with Crippen LogP contribution in [0.1, 0.15) is 22.9 Å². The van der Waals surface area contributed by atoms with E-state index in [1.807, 2.05) is 13.8 Å². The number of aromatic amines is 1. The van der Waals surface area contributed by atoms with Crippen LogP contribution in [0, 0.1) is 13.8 Å². The van der Waals surface area contributed by atoms with Gasteiger partial charge < -0.3 is 10.4 Å². The predicted octanol–water partition coefficient (Wildman–Crippen LogP) is 2.84.